The molecule has 4 aromatic carbocycles. The number of nitrogens with one attached hydrogen (secondary N) is 4. The fourth-order valence-electron chi connectivity index (χ4n) is 6.82. The zero-order valence-electron chi connectivity index (χ0n) is 42.7. The average molecular weight is 1040 g/mol. The van der Waals surface area contributed by atoms with Crippen molar-refractivity contribution >= 4 is 71.8 Å². The first-order valence-electron chi connectivity index (χ1n) is 25.1. The first-order chi connectivity index (χ1) is 37.0. The zero-order valence-corrected chi connectivity index (χ0v) is 42.7. The molecule has 0 atom stereocenters. The molecule has 4 N–H and O–H groups in total. The van der Waals surface area contributed by atoms with Crippen LogP contribution in [0.25, 0.3) is 24.3 Å². The Morgan fingerprint density at radius 2 is 0.526 bits per heavy atom. The summed E-state index contributed by atoms with van der Waals surface area (Å²) in [5.74, 6) is -3.46. The lowest BCUT2D eigenvalue weighted by molar-refractivity contribution is -0.138. The van der Waals surface area contributed by atoms with E-state index < -0.39 is 23.9 Å². The van der Waals surface area contributed by atoms with Gasteiger partial charge in [-0.3, -0.25) is 19.2 Å². The number of rotatable bonds is 35. The number of hydrogen-bond donors (Lipinski definition) is 4. The number of benzene rings is 4. The van der Waals surface area contributed by atoms with Gasteiger partial charge in [0, 0.05) is 89.3 Å². The smallest absolute Gasteiger partial charge is 0.330 e. The van der Waals surface area contributed by atoms with E-state index in [1.165, 1.54) is 24.3 Å². The standard InChI is InChI=1S/C58H68N6O12/c65-51(59-33-43-73-55(69)25-21-47-13-5-1-6-14-47)29-37-63(38-30-52(66)60-34-44-74-56(70)26-22-48-15-7-2-8-16-48)41-42-64(39-31-53(67)61-35-45-75-57(71)27-23-49-17-9-3-10-18-49)40-32-54(68)62-36-46-76-58(72)28-24-50-19-11-4-12-20-50/h1-28H,29-46H2,(H,59,65)(H,60,66)(H,61,67)(H,62,68)/b25-21+,26-22+,27-23+,28-24+. The molecule has 0 spiro atoms. The summed E-state index contributed by atoms with van der Waals surface area (Å²) in [6.07, 6.45) is 11.9. The van der Waals surface area contributed by atoms with E-state index in [9.17, 15) is 38.4 Å². The number of nitrogens with zero attached hydrogens (tertiary/aromatic N) is 2. The summed E-state index contributed by atoms with van der Waals surface area (Å²) >= 11 is 0. The van der Waals surface area contributed by atoms with Gasteiger partial charge in [0.2, 0.25) is 23.6 Å². The molecule has 0 aliphatic heterocycles. The van der Waals surface area contributed by atoms with Crippen molar-refractivity contribution in [3.8, 4) is 0 Å². The summed E-state index contributed by atoms with van der Waals surface area (Å²) in [5, 5.41) is 11.0. The van der Waals surface area contributed by atoms with Crippen molar-refractivity contribution in [1.29, 1.82) is 0 Å². The normalized spacial score (nSPS) is 11.2. The summed E-state index contributed by atoms with van der Waals surface area (Å²) in [6.45, 7) is 1.75. The van der Waals surface area contributed by atoms with Gasteiger partial charge in [-0.25, -0.2) is 19.2 Å². The van der Waals surface area contributed by atoms with Crippen molar-refractivity contribution in [2.45, 2.75) is 25.7 Å². The van der Waals surface area contributed by atoms with E-state index >= 15 is 0 Å². The van der Waals surface area contributed by atoms with Crippen molar-refractivity contribution < 1.29 is 57.3 Å². The first-order valence-corrected chi connectivity index (χ1v) is 25.1. The molecule has 0 aliphatic rings. The van der Waals surface area contributed by atoms with E-state index in [2.05, 4.69) is 21.3 Å². The van der Waals surface area contributed by atoms with Gasteiger partial charge in [-0.15, -0.1) is 0 Å². The summed E-state index contributed by atoms with van der Waals surface area (Å²) in [6, 6.07) is 37.0. The molecule has 0 saturated heterocycles. The first kappa shape index (κ1) is 60.1. The highest BCUT2D eigenvalue weighted by Crippen LogP contribution is 2.06. The van der Waals surface area contributed by atoms with E-state index in [-0.39, 0.29) is 128 Å². The molecule has 0 unspecified atom stereocenters. The maximum Gasteiger partial charge on any atom is 0.330 e. The molecule has 4 aromatic rings. The predicted octanol–water partition coefficient (Wildman–Crippen LogP) is 4.64. The van der Waals surface area contributed by atoms with Gasteiger partial charge in [0.15, 0.2) is 0 Å². The lowest BCUT2D eigenvalue weighted by Gasteiger charge is -2.27. The fourth-order valence-corrected chi connectivity index (χ4v) is 6.82. The van der Waals surface area contributed by atoms with Crippen molar-refractivity contribution in [2.24, 2.45) is 0 Å². The van der Waals surface area contributed by atoms with E-state index in [0.29, 0.717) is 13.1 Å². The molecule has 402 valence electrons. The summed E-state index contributed by atoms with van der Waals surface area (Å²) < 4.78 is 20.9. The molecule has 18 nitrogen and oxygen atoms in total. The van der Waals surface area contributed by atoms with E-state index in [0.717, 1.165) is 22.3 Å². The van der Waals surface area contributed by atoms with Gasteiger partial charge in [-0.05, 0) is 46.6 Å². The zero-order chi connectivity index (χ0) is 54.3. The third-order valence-corrected chi connectivity index (χ3v) is 10.9. The second-order valence-corrected chi connectivity index (χ2v) is 16.7. The number of esters is 4. The van der Waals surface area contributed by atoms with Crippen LogP contribution in [0.3, 0.4) is 0 Å². The molecule has 4 amide bonds. The van der Waals surface area contributed by atoms with Gasteiger partial charge in [0.05, 0.1) is 26.2 Å². The molecule has 18 heteroatoms. The summed E-state index contributed by atoms with van der Waals surface area (Å²) in [7, 11) is 0. The largest absolute Gasteiger partial charge is 0.461 e. The maximum absolute atomic E-state index is 13.0. The van der Waals surface area contributed by atoms with Gasteiger partial charge in [-0.1, -0.05) is 121 Å². The predicted molar refractivity (Wildman–Crippen MR) is 289 cm³/mol. The van der Waals surface area contributed by atoms with Crippen LogP contribution in [0.2, 0.25) is 0 Å². The van der Waals surface area contributed by atoms with E-state index in [1.54, 1.807) is 24.3 Å². The van der Waals surface area contributed by atoms with Gasteiger partial charge in [0.1, 0.15) is 26.4 Å². The van der Waals surface area contributed by atoms with Crippen molar-refractivity contribution in [1.82, 2.24) is 31.1 Å². The minimum absolute atomic E-state index is 0.0416. The Labute approximate surface area is 444 Å². The van der Waals surface area contributed by atoms with Gasteiger partial charge >= 0.3 is 23.9 Å². The van der Waals surface area contributed by atoms with Crippen molar-refractivity contribution in [3.63, 3.8) is 0 Å². The fraction of sp³-hybridized carbons (Fsp3) is 0.310. The second kappa shape index (κ2) is 37.3. The van der Waals surface area contributed by atoms with Crippen LogP contribution in [0.1, 0.15) is 47.9 Å². The van der Waals surface area contributed by atoms with Crippen LogP contribution < -0.4 is 21.3 Å². The van der Waals surface area contributed by atoms with Crippen LogP contribution in [0, 0.1) is 0 Å². The monoisotopic (exact) mass is 1040 g/mol. The SMILES string of the molecule is O=C(CCN(CCC(=O)NCCOC(=O)/C=C/c1ccccc1)CCN(CCC(=O)NCCOC(=O)/C=C/c1ccccc1)CCC(=O)NCCOC(=O)/C=C/c1ccccc1)NCCOC(=O)/C=C/c1ccccc1. The Morgan fingerprint density at radius 1 is 0.316 bits per heavy atom. The van der Waals surface area contributed by atoms with Crippen LogP contribution in [0.4, 0.5) is 0 Å². The van der Waals surface area contributed by atoms with E-state index in [4.69, 9.17) is 18.9 Å². The van der Waals surface area contributed by atoms with Gasteiger partial charge in [0.25, 0.3) is 0 Å². The third kappa shape index (κ3) is 29.3. The van der Waals surface area contributed by atoms with Crippen LogP contribution in [0.5, 0.6) is 0 Å². The van der Waals surface area contributed by atoms with Crippen LogP contribution in [0.15, 0.2) is 146 Å². The lowest BCUT2D eigenvalue weighted by atomic mass is 10.2. The van der Waals surface area contributed by atoms with Gasteiger partial charge in [-0.2, -0.15) is 0 Å². The minimum Gasteiger partial charge on any atom is -0.461 e. The molecular formula is C58H68N6O12. The highest BCUT2D eigenvalue weighted by atomic mass is 16.5. The molecule has 0 fully saturated rings. The molecule has 0 heterocycles. The Kier molecular flexibility index (Phi) is 29.5. The Balaban J connectivity index is 1.30. The highest BCUT2D eigenvalue weighted by molar-refractivity contribution is 5.89. The topological polar surface area (TPSA) is 228 Å². The Hall–Kier alpha value is -8.48. The minimum atomic E-state index is -0.554. The molecule has 0 radical (unpaired) electrons. The van der Waals surface area contributed by atoms with Crippen LogP contribution in [-0.2, 0) is 57.3 Å². The maximum atomic E-state index is 13.0. The second-order valence-electron chi connectivity index (χ2n) is 16.7. The number of carbonyl (C=O) groups is 8. The van der Waals surface area contributed by atoms with E-state index in [1.807, 2.05) is 131 Å². The molecular weight excluding hydrogens is 973 g/mol. The van der Waals surface area contributed by atoms with Crippen molar-refractivity contribution in [3.05, 3.63) is 168 Å². The lowest BCUT2D eigenvalue weighted by Crippen LogP contribution is -2.42. The summed E-state index contributed by atoms with van der Waals surface area (Å²) in [5.41, 5.74) is 3.34. The van der Waals surface area contributed by atoms with Gasteiger partial charge < -0.3 is 50.0 Å². The van der Waals surface area contributed by atoms with Crippen molar-refractivity contribution in [2.75, 3.05) is 91.9 Å². The Bertz CT molecular complexity index is 2180. The molecule has 76 heavy (non-hydrogen) atoms. The molecule has 0 saturated carbocycles. The number of carbonyl (C=O) groups excluding carboxylic acids is 8. The molecule has 0 bridgehead atoms. The highest BCUT2D eigenvalue weighted by Gasteiger charge is 2.16. The molecule has 0 aromatic heterocycles. The number of amides is 4. The quantitative estimate of drug-likeness (QED) is 0.0213. The van der Waals surface area contributed by atoms with Crippen LogP contribution >= 0.6 is 0 Å². The molecule has 4 rings (SSSR count). The number of ether oxygens (including phenoxy) is 4. The average Bonchev–Trinajstić information content (AvgIpc) is 3.44. The third-order valence-electron chi connectivity index (χ3n) is 10.9. The number of hydrogen-bond acceptors (Lipinski definition) is 14. The molecule has 0 aliphatic carbocycles. The van der Waals surface area contributed by atoms with Crippen LogP contribution in [-0.4, -0.2) is 149 Å². The summed E-state index contributed by atoms with van der Waals surface area (Å²) in [4.78, 5) is 105. The Morgan fingerprint density at radius 3 is 0.737 bits per heavy atom.